The molecular weight excluding hydrogens is 224 g/mol. The standard InChI is InChI=1S/C14H12N4/c15-14-13(11-5-4-8-16-9-11)10-17-18(14)12-6-2-1-3-7-12/h1-10H,15H2. The van der Waals surface area contributed by atoms with E-state index in [-0.39, 0.29) is 0 Å². The number of para-hydroxylation sites is 1. The second-order valence-electron chi connectivity index (χ2n) is 3.93. The quantitative estimate of drug-likeness (QED) is 0.743. The van der Waals surface area contributed by atoms with Gasteiger partial charge in [0, 0.05) is 23.5 Å². The lowest BCUT2D eigenvalue weighted by molar-refractivity contribution is 0.891. The fraction of sp³-hybridized carbons (Fsp3) is 0. The Kier molecular flexibility index (Phi) is 2.53. The summed E-state index contributed by atoms with van der Waals surface area (Å²) in [6, 6.07) is 13.7. The summed E-state index contributed by atoms with van der Waals surface area (Å²) in [5, 5.41) is 4.33. The molecule has 0 spiro atoms. The molecule has 0 saturated carbocycles. The molecular formula is C14H12N4. The Bertz CT molecular complexity index is 587. The molecule has 0 aliphatic carbocycles. The third-order valence-electron chi connectivity index (χ3n) is 2.78. The summed E-state index contributed by atoms with van der Waals surface area (Å²) in [5.41, 5.74) is 8.95. The molecule has 3 rings (SSSR count). The fourth-order valence-electron chi connectivity index (χ4n) is 1.88. The molecule has 0 aliphatic rings. The van der Waals surface area contributed by atoms with Gasteiger partial charge in [0.05, 0.1) is 11.9 Å². The second kappa shape index (κ2) is 4.33. The first-order valence-corrected chi connectivity index (χ1v) is 5.65. The minimum Gasteiger partial charge on any atom is -0.383 e. The monoisotopic (exact) mass is 236 g/mol. The van der Waals surface area contributed by atoms with Crippen LogP contribution in [0.25, 0.3) is 16.8 Å². The summed E-state index contributed by atoms with van der Waals surface area (Å²) in [6.07, 6.45) is 5.28. The van der Waals surface area contributed by atoms with Crippen molar-refractivity contribution in [1.82, 2.24) is 14.8 Å². The van der Waals surface area contributed by atoms with Crippen molar-refractivity contribution in [2.24, 2.45) is 0 Å². The number of hydrogen-bond acceptors (Lipinski definition) is 3. The van der Waals surface area contributed by atoms with E-state index in [1.807, 2.05) is 42.5 Å². The van der Waals surface area contributed by atoms with E-state index in [0.717, 1.165) is 16.8 Å². The smallest absolute Gasteiger partial charge is 0.135 e. The lowest BCUT2D eigenvalue weighted by atomic mass is 10.1. The molecule has 3 aromatic rings. The zero-order chi connectivity index (χ0) is 12.4. The maximum atomic E-state index is 6.14. The molecule has 0 bridgehead atoms. The van der Waals surface area contributed by atoms with Crippen LogP contribution in [-0.2, 0) is 0 Å². The van der Waals surface area contributed by atoms with Gasteiger partial charge in [-0.3, -0.25) is 4.98 Å². The maximum absolute atomic E-state index is 6.14. The number of aromatic nitrogens is 3. The lowest BCUT2D eigenvalue weighted by Gasteiger charge is -2.04. The molecule has 0 aliphatic heterocycles. The number of pyridine rings is 1. The van der Waals surface area contributed by atoms with Crippen molar-refractivity contribution in [1.29, 1.82) is 0 Å². The van der Waals surface area contributed by atoms with E-state index in [9.17, 15) is 0 Å². The highest BCUT2D eigenvalue weighted by atomic mass is 15.3. The number of rotatable bonds is 2. The number of nitrogens with zero attached hydrogens (tertiary/aromatic N) is 3. The van der Waals surface area contributed by atoms with Crippen LogP contribution in [0.3, 0.4) is 0 Å². The SMILES string of the molecule is Nc1c(-c2cccnc2)cnn1-c1ccccc1. The molecule has 4 nitrogen and oxygen atoms in total. The van der Waals surface area contributed by atoms with E-state index in [0.29, 0.717) is 5.82 Å². The molecule has 0 atom stereocenters. The highest BCUT2D eigenvalue weighted by Crippen LogP contribution is 2.26. The van der Waals surface area contributed by atoms with Gasteiger partial charge in [-0.2, -0.15) is 5.10 Å². The Balaban J connectivity index is 2.09. The van der Waals surface area contributed by atoms with Gasteiger partial charge in [-0.25, -0.2) is 4.68 Å². The van der Waals surface area contributed by atoms with Crippen LogP contribution < -0.4 is 5.73 Å². The Morgan fingerprint density at radius 3 is 2.50 bits per heavy atom. The van der Waals surface area contributed by atoms with Crippen molar-refractivity contribution in [3.05, 3.63) is 61.1 Å². The van der Waals surface area contributed by atoms with E-state index < -0.39 is 0 Å². The average Bonchev–Trinajstić information content (AvgIpc) is 2.83. The van der Waals surface area contributed by atoms with Crippen LogP contribution in [0.2, 0.25) is 0 Å². The van der Waals surface area contributed by atoms with Gasteiger partial charge in [-0.15, -0.1) is 0 Å². The number of anilines is 1. The van der Waals surface area contributed by atoms with Crippen molar-refractivity contribution < 1.29 is 0 Å². The minimum atomic E-state index is 0.620. The first kappa shape index (κ1) is 10.5. The van der Waals surface area contributed by atoms with Crippen LogP contribution in [-0.4, -0.2) is 14.8 Å². The van der Waals surface area contributed by atoms with Gasteiger partial charge in [0.15, 0.2) is 0 Å². The third kappa shape index (κ3) is 1.73. The first-order chi connectivity index (χ1) is 8.86. The van der Waals surface area contributed by atoms with E-state index in [1.54, 1.807) is 23.3 Å². The predicted octanol–water partition coefficient (Wildman–Crippen LogP) is 2.52. The summed E-state index contributed by atoms with van der Waals surface area (Å²) in [5.74, 6) is 0.620. The molecule has 2 heterocycles. The minimum absolute atomic E-state index is 0.620. The summed E-state index contributed by atoms with van der Waals surface area (Å²) < 4.78 is 1.72. The van der Waals surface area contributed by atoms with E-state index in [2.05, 4.69) is 10.1 Å². The molecule has 2 aromatic heterocycles. The second-order valence-corrected chi connectivity index (χ2v) is 3.93. The maximum Gasteiger partial charge on any atom is 0.135 e. The van der Waals surface area contributed by atoms with Gasteiger partial charge in [0.1, 0.15) is 5.82 Å². The van der Waals surface area contributed by atoms with Gasteiger partial charge >= 0.3 is 0 Å². The normalized spacial score (nSPS) is 10.4. The van der Waals surface area contributed by atoms with Crippen molar-refractivity contribution >= 4 is 5.82 Å². The van der Waals surface area contributed by atoms with Gasteiger partial charge in [-0.05, 0) is 18.2 Å². The molecule has 0 unspecified atom stereocenters. The number of nitrogens with two attached hydrogens (primary N) is 1. The topological polar surface area (TPSA) is 56.7 Å². The van der Waals surface area contributed by atoms with Crippen LogP contribution in [0.5, 0.6) is 0 Å². The van der Waals surface area contributed by atoms with Gasteiger partial charge in [-0.1, -0.05) is 24.3 Å². The average molecular weight is 236 g/mol. The molecule has 0 saturated heterocycles. The molecule has 2 N–H and O–H groups in total. The highest BCUT2D eigenvalue weighted by molar-refractivity contribution is 5.73. The summed E-state index contributed by atoms with van der Waals surface area (Å²) in [4.78, 5) is 4.09. The third-order valence-corrected chi connectivity index (χ3v) is 2.78. The highest BCUT2D eigenvalue weighted by Gasteiger charge is 2.10. The van der Waals surface area contributed by atoms with E-state index >= 15 is 0 Å². The summed E-state index contributed by atoms with van der Waals surface area (Å²) in [6.45, 7) is 0. The zero-order valence-corrected chi connectivity index (χ0v) is 9.69. The zero-order valence-electron chi connectivity index (χ0n) is 9.69. The van der Waals surface area contributed by atoms with Gasteiger partial charge in [0.2, 0.25) is 0 Å². The van der Waals surface area contributed by atoms with Crippen molar-refractivity contribution in [3.63, 3.8) is 0 Å². The fourth-order valence-corrected chi connectivity index (χ4v) is 1.88. The molecule has 0 radical (unpaired) electrons. The predicted molar refractivity (Wildman–Crippen MR) is 71.2 cm³/mol. The summed E-state index contributed by atoms with van der Waals surface area (Å²) in [7, 11) is 0. The number of nitrogen functional groups attached to an aromatic ring is 1. The Morgan fingerprint density at radius 2 is 1.78 bits per heavy atom. The van der Waals surface area contributed by atoms with Crippen LogP contribution in [0.4, 0.5) is 5.82 Å². The van der Waals surface area contributed by atoms with E-state index in [4.69, 9.17) is 5.73 Å². The van der Waals surface area contributed by atoms with Crippen molar-refractivity contribution in [2.75, 3.05) is 5.73 Å². The van der Waals surface area contributed by atoms with Crippen molar-refractivity contribution in [3.8, 4) is 16.8 Å². The Hall–Kier alpha value is -2.62. The molecule has 18 heavy (non-hydrogen) atoms. The molecule has 0 amide bonds. The first-order valence-electron chi connectivity index (χ1n) is 5.65. The molecule has 0 fully saturated rings. The number of benzene rings is 1. The van der Waals surface area contributed by atoms with Crippen LogP contribution in [0, 0.1) is 0 Å². The van der Waals surface area contributed by atoms with Crippen LogP contribution in [0.1, 0.15) is 0 Å². The Morgan fingerprint density at radius 1 is 0.944 bits per heavy atom. The van der Waals surface area contributed by atoms with Crippen molar-refractivity contribution in [2.45, 2.75) is 0 Å². The van der Waals surface area contributed by atoms with Gasteiger partial charge in [0.25, 0.3) is 0 Å². The van der Waals surface area contributed by atoms with Gasteiger partial charge < -0.3 is 5.73 Å². The molecule has 4 heteroatoms. The Labute approximate surface area is 105 Å². The largest absolute Gasteiger partial charge is 0.383 e. The molecule has 88 valence electrons. The van der Waals surface area contributed by atoms with E-state index in [1.165, 1.54) is 0 Å². The van der Waals surface area contributed by atoms with Crippen LogP contribution >= 0.6 is 0 Å². The number of hydrogen-bond donors (Lipinski definition) is 1. The summed E-state index contributed by atoms with van der Waals surface area (Å²) >= 11 is 0. The van der Waals surface area contributed by atoms with Crippen LogP contribution in [0.15, 0.2) is 61.1 Å². The molecule has 1 aromatic carbocycles. The lowest BCUT2D eigenvalue weighted by Crippen LogP contribution is -2.01.